The maximum Gasteiger partial charge on any atom is 0.322 e. The number of pyridine rings is 1. The predicted molar refractivity (Wildman–Crippen MR) is 126 cm³/mol. The second-order valence-electron chi connectivity index (χ2n) is 8.37. The zero-order chi connectivity index (χ0) is 22.6. The van der Waals surface area contributed by atoms with E-state index in [-0.39, 0.29) is 6.03 Å². The molecule has 2 aliphatic heterocycles. The molecular weight excluding hydrogens is 414 g/mol. The van der Waals surface area contributed by atoms with E-state index in [2.05, 4.69) is 21.3 Å². The van der Waals surface area contributed by atoms with Crippen molar-refractivity contribution >= 4 is 17.5 Å². The number of nitrogens with one attached hydrogen (secondary N) is 1. The summed E-state index contributed by atoms with van der Waals surface area (Å²) < 4.78 is 0. The van der Waals surface area contributed by atoms with Crippen LogP contribution in [-0.2, 0) is 13.0 Å². The van der Waals surface area contributed by atoms with Gasteiger partial charge in [-0.05, 0) is 49.6 Å². The van der Waals surface area contributed by atoms with Crippen molar-refractivity contribution < 1.29 is 4.79 Å². The lowest BCUT2D eigenvalue weighted by atomic mass is 10.0. The van der Waals surface area contributed by atoms with Crippen molar-refractivity contribution in [3.8, 4) is 17.5 Å². The quantitative estimate of drug-likeness (QED) is 0.663. The fourth-order valence-corrected chi connectivity index (χ4v) is 4.44. The Morgan fingerprint density at radius 3 is 2.64 bits per heavy atom. The second kappa shape index (κ2) is 9.25. The van der Waals surface area contributed by atoms with Crippen molar-refractivity contribution in [2.24, 2.45) is 0 Å². The van der Waals surface area contributed by atoms with Crippen LogP contribution in [0.2, 0.25) is 0 Å². The lowest BCUT2D eigenvalue weighted by molar-refractivity contribution is 0.206. The monoisotopic (exact) mass is 439 g/mol. The molecule has 0 aliphatic carbocycles. The van der Waals surface area contributed by atoms with E-state index in [0.29, 0.717) is 36.6 Å². The number of piperidine rings is 1. The van der Waals surface area contributed by atoms with E-state index >= 15 is 0 Å². The number of nitriles is 1. The van der Waals surface area contributed by atoms with Crippen LogP contribution in [0.1, 0.15) is 36.1 Å². The number of carbonyl (C=O) groups excluding carboxylic acids is 1. The van der Waals surface area contributed by atoms with Gasteiger partial charge in [0.2, 0.25) is 0 Å². The van der Waals surface area contributed by atoms with Crippen LogP contribution in [0.3, 0.4) is 0 Å². The van der Waals surface area contributed by atoms with Crippen LogP contribution in [-0.4, -0.2) is 45.5 Å². The highest BCUT2D eigenvalue weighted by Crippen LogP contribution is 2.31. The number of hydrogen-bond acceptors (Lipinski definition) is 6. The Hall–Kier alpha value is -3.99. The van der Waals surface area contributed by atoms with Gasteiger partial charge < -0.3 is 15.1 Å². The van der Waals surface area contributed by atoms with Crippen LogP contribution in [0.4, 0.5) is 16.3 Å². The average molecular weight is 440 g/mol. The number of hydrogen-bond donors (Lipinski definition) is 1. The smallest absolute Gasteiger partial charge is 0.322 e. The van der Waals surface area contributed by atoms with Gasteiger partial charge in [-0.2, -0.15) is 5.26 Å². The summed E-state index contributed by atoms with van der Waals surface area (Å²) in [6.45, 7) is 2.96. The number of carbonyl (C=O) groups is 1. The normalized spacial score (nSPS) is 15.5. The summed E-state index contributed by atoms with van der Waals surface area (Å²) in [5, 5.41) is 12.0. The average Bonchev–Trinajstić information content (AvgIpc) is 2.89. The molecule has 0 atom stereocenters. The Morgan fingerprint density at radius 2 is 1.85 bits per heavy atom. The van der Waals surface area contributed by atoms with Gasteiger partial charge in [-0.1, -0.05) is 6.07 Å². The summed E-state index contributed by atoms with van der Waals surface area (Å²) in [5.41, 5.74) is 4.12. The molecule has 2 amide bonds. The highest BCUT2D eigenvalue weighted by Gasteiger charge is 2.28. The molecular formula is C25H25N7O. The van der Waals surface area contributed by atoms with E-state index < -0.39 is 0 Å². The summed E-state index contributed by atoms with van der Waals surface area (Å²) in [7, 11) is 0. The first-order chi connectivity index (χ1) is 16.2. The number of urea groups is 1. The van der Waals surface area contributed by atoms with Gasteiger partial charge in [-0.15, -0.1) is 0 Å². The molecule has 166 valence electrons. The molecule has 0 radical (unpaired) electrons. The molecule has 8 nitrogen and oxygen atoms in total. The molecule has 0 unspecified atom stereocenters. The number of rotatable bonds is 3. The summed E-state index contributed by atoms with van der Waals surface area (Å²) in [4.78, 5) is 31.1. The van der Waals surface area contributed by atoms with E-state index in [1.54, 1.807) is 41.6 Å². The summed E-state index contributed by atoms with van der Waals surface area (Å²) >= 11 is 0. The lowest BCUT2D eigenvalue weighted by Gasteiger charge is -2.34. The maximum absolute atomic E-state index is 13.0. The van der Waals surface area contributed by atoms with Gasteiger partial charge in [0.15, 0.2) is 5.82 Å². The van der Waals surface area contributed by atoms with Crippen LogP contribution in [0, 0.1) is 11.3 Å². The highest BCUT2D eigenvalue weighted by molar-refractivity contribution is 5.89. The molecule has 1 N–H and O–H groups in total. The fraction of sp³-hybridized carbons (Fsp3) is 0.320. The van der Waals surface area contributed by atoms with Crippen LogP contribution in [0.25, 0.3) is 11.4 Å². The number of benzene rings is 1. The van der Waals surface area contributed by atoms with Gasteiger partial charge in [-0.3, -0.25) is 4.98 Å². The Labute approximate surface area is 192 Å². The Kier molecular flexibility index (Phi) is 5.85. The van der Waals surface area contributed by atoms with Gasteiger partial charge in [0, 0.05) is 55.3 Å². The van der Waals surface area contributed by atoms with Crippen molar-refractivity contribution in [2.75, 3.05) is 29.9 Å². The summed E-state index contributed by atoms with van der Waals surface area (Å²) in [6, 6.07) is 12.7. The molecule has 0 saturated carbocycles. The van der Waals surface area contributed by atoms with E-state index in [1.165, 1.54) is 6.42 Å². The van der Waals surface area contributed by atoms with Gasteiger partial charge >= 0.3 is 6.03 Å². The molecule has 3 aromatic rings. The molecule has 1 aromatic carbocycles. The van der Waals surface area contributed by atoms with Crippen molar-refractivity contribution in [3.63, 3.8) is 0 Å². The molecule has 0 bridgehead atoms. The second-order valence-corrected chi connectivity index (χ2v) is 8.37. The molecule has 5 rings (SSSR count). The molecule has 2 aromatic heterocycles. The van der Waals surface area contributed by atoms with Crippen molar-refractivity contribution in [3.05, 3.63) is 65.6 Å². The van der Waals surface area contributed by atoms with Crippen molar-refractivity contribution in [2.45, 2.75) is 32.2 Å². The maximum atomic E-state index is 13.0. The number of aromatic nitrogens is 3. The molecule has 1 saturated heterocycles. The molecule has 1 fully saturated rings. The number of fused-ring (bicyclic) bond motifs is 1. The Balaban J connectivity index is 1.44. The highest BCUT2D eigenvalue weighted by atomic mass is 16.2. The number of anilines is 2. The molecule has 2 aliphatic rings. The first-order valence-electron chi connectivity index (χ1n) is 11.3. The molecule has 4 heterocycles. The Bertz CT molecular complexity index is 1200. The van der Waals surface area contributed by atoms with Crippen molar-refractivity contribution in [1.82, 2.24) is 19.9 Å². The SMILES string of the molecule is N#Cc1cccc(NC(=O)N2CCc3nc(-c4ccncc4)nc(N4CCCCC4)c3C2)c1. The number of amides is 2. The van der Waals surface area contributed by atoms with Crippen LogP contribution < -0.4 is 10.2 Å². The predicted octanol–water partition coefficient (Wildman–Crippen LogP) is 3.99. The summed E-state index contributed by atoms with van der Waals surface area (Å²) in [6.07, 6.45) is 7.70. The zero-order valence-electron chi connectivity index (χ0n) is 18.4. The molecule has 33 heavy (non-hydrogen) atoms. The molecule has 0 spiro atoms. The minimum atomic E-state index is -0.182. The van der Waals surface area contributed by atoms with Gasteiger partial charge in [0.05, 0.1) is 23.9 Å². The van der Waals surface area contributed by atoms with Gasteiger partial charge in [-0.25, -0.2) is 14.8 Å². The van der Waals surface area contributed by atoms with Crippen LogP contribution in [0.5, 0.6) is 0 Å². The van der Waals surface area contributed by atoms with Crippen LogP contribution >= 0.6 is 0 Å². The molecule has 8 heteroatoms. The van der Waals surface area contributed by atoms with E-state index in [9.17, 15) is 4.79 Å². The fourth-order valence-electron chi connectivity index (χ4n) is 4.44. The minimum absolute atomic E-state index is 0.182. The minimum Gasteiger partial charge on any atom is -0.356 e. The van der Waals surface area contributed by atoms with E-state index in [1.807, 2.05) is 12.1 Å². The zero-order valence-corrected chi connectivity index (χ0v) is 18.4. The van der Waals surface area contributed by atoms with Gasteiger partial charge in [0.1, 0.15) is 5.82 Å². The standard InChI is InChI=1S/C25H25N7O/c26-16-18-5-4-6-20(15-18)28-25(33)32-14-9-22-21(17-32)24(31-12-2-1-3-13-31)30-23(29-22)19-7-10-27-11-8-19/h4-8,10-11,15H,1-3,9,12-14,17H2,(H,28,33). The first kappa shape index (κ1) is 20.9. The van der Waals surface area contributed by atoms with Crippen LogP contribution in [0.15, 0.2) is 48.8 Å². The van der Waals surface area contributed by atoms with E-state index in [4.69, 9.17) is 15.2 Å². The third kappa shape index (κ3) is 4.48. The van der Waals surface area contributed by atoms with Gasteiger partial charge in [0.25, 0.3) is 0 Å². The topological polar surface area (TPSA) is 98.0 Å². The largest absolute Gasteiger partial charge is 0.356 e. The summed E-state index contributed by atoms with van der Waals surface area (Å²) in [5.74, 6) is 1.65. The van der Waals surface area contributed by atoms with E-state index in [0.717, 1.165) is 48.6 Å². The third-order valence-corrected chi connectivity index (χ3v) is 6.16. The Morgan fingerprint density at radius 1 is 1.03 bits per heavy atom. The third-order valence-electron chi connectivity index (χ3n) is 6.16. The van der Waals surface area contributed by atoms with Crippen molar-refractivity contribution in [1.29, 1.82) is 5.26 Å². The first-order valence-corrected chi connectivity index (χ1v) is 11.3. The number of nitrogens with zero attached hydrogens (tertiary/aromatic N) is 6. The lowest BCUT2D eigenvalue weighted by Crippen LogP contribution is -2.41.